The molecule has 1 heterocycles. The molecule has 0 saturated carbocycles. The van der Waals surface area contributed by atoms with E-state index in [1.807, 2.05) is 34.6 Å². The molecule has 0 bridgehead atoms. The minimum Gasteiger partial charge on any atom is -0.394 e. The Morgan fingerprint density at radius 2 is 1.72 bits per heavy atom. The van der Waals surface area contributed by atoms with Crippen molar-refractivity contribution in [1.29, 1.82) is 0 Å². The Morgan fingerprint density at radius 1 is 1.17 bits per heavy atom. The van der Waals surface area contributed by atoms with E-state index in [0.717, 1.165) is 0 Å². The molecule has 0 aromatic rings. The Hall–Kier alpha value is -0.200. The fourth-order valence-corrected chi connectivity index (χ4v) is 2.39. The summed E-state index contributed by atoms with van der Waals surface area (Å²) in [6.07, 6.45) is -3.48. The molecule has 5 heteroatoms. The van der Waals surface area contributed by atoms with Crippen LogP contribution in [-0.2, 0) is 9.47 Å². The first kappa shape index (κ1) is 15.9. The molecular formula is C13H26O5. The quantitative estimate of drug-likeness (QED) is 0.691. The molecule has 0 radical (unpaired) electrons. The fraction of sp³-hybridized carbons (Fsp3) is 1.00. The number of hydrogen-bond acceptors (Lipinski definition) is 5. The average Bonchev–Trinajstić information content (AvgIpc) is 2.21. The Kier molecular flexibility index (Phi) is 5.14. The summed E-state index contributed by atoms with van der Waals surface area (Å²) in [4.78, 5) is 0. The molecule has 0 amide bonds. The van der Waals surface area contributed by atoms with Gasteiger partial charge in [0, 0.05) is 5.92 Å². The van der Waals surface area contributed by atoms with Gasteiger partial charge in [-0.1, -0.05) is 13.8 Å². The molecule has 5 atom stereocenters. The van der Waals surface area contributed by atoms with Crippen LogP contribution in [0.3, 0.4) is 0 Å². The van der Waals surface area contributed by atoms with Crippen molar-refractivity contribution in [3.8, 4) is 0 Å². The predicted molar refractivity (Wildman–Crippen MR) is 66.9 cm³/mol. The molecule has 1 rings (SSSR count). The summed E-state index contributed by atoms with van der Waals surface area (Å²) < 4.78 is 11.2. The lowest BCUT2D eigenvalue weighted by Gasteiger charge is -2.45. The van der Waals surface area contributed by atoms with Gasteiger partial charge < -0.3 is 24.8 Å². The molecule has 1 aliphatic heterocycles. The first-order valence-electron chi connectivity index (χ1n) is 6.47. The van der Waals surface area contributed by atoms with E-state index in [-0.39, 0.29) is 18.4 Å². The van der Waals surface area contributed by atoms with Crippen molar-refractivity contribution in [2.45, 2.75) is 64.8 Å². The number of aliphatic hydroxyl groups excluding tert-OH is 3. The minimum absolute atomic E-state index is 0.0994. The largest absolute Gasteiger partial charge is 0.394 e. The molecule has 1 fully saturated rings. The molecule has 1 aliphatic rings. The van der Waals surface area contributed by atoms with Gasteiger partial charge in [0.05, 0.1) is 24.4 Å². The third-order valence-corrected chi connectivity index (χ3v) is 3.18. The van der Waals surface area contributed by atoms with E-state index in [0.29, 0.717) is 0 Å². The van der Waals surface area contributed by atoms with Crippen molar-refractivity contribution < 1.29 is 24.8 Å². The molecule has 3 N–H and O–H groups in total. The summed E-state index contributed by atoms with van der Waals surface area (Å²) in [5.41, 5.74) is -0.490. The van der Waals surface area contributed by atoms with E-state index < -0.39 is 30.2 Å². The predicted octanol–water partition coefficient (Wildman–Crippen LogP) is 0.513. The lowest BCUT2D eigenvalue weighted by Crippen LogP contribution is -2.58. The van der Waals surface area contributed by atoms with Crippen LogP contribution in [0.4, 0.5) is 0 Å². The van der Waals surface area contributed by atoms with Gasteiger partial charge >= 0.3 is 0 Å². The summed E-state index contributed by atoms with van der Waals surface area (Å²) in [6, 6.07) is 0. The van der Waals surface area contributed by atoms with Gasteiger partial charge in [-0.25, -0.2) is 0 Å². The maximum Gasteiger partial charge on any atom is 0.187 e. The molecule has 0 aliphatic carbocycles. The maximum atomic E-state index is 10.2. The third kappa shape index (κ3) is 3.65. The van der Waals surface area contributed by atoms with Crippen molar-refractivity contribution in [1.82, 2.24) is 0 Å². The molecule has 108 valence electrons. The molecule has 5 nitrogen and oxygen atoms in total. The highest BCUT2D eigenvalue weighted by molar-refractivity contribution is 4.91. The molecule has 0 spiro atoms. The molecular weight excluding hydrogens is 236 g/mol. The van der Waals surface area contributed by atoms with E-state index in [4.69, 9.17) is 9.47 Å². The highest BCUT2D eigenvalue weighted by atomic mass is 16.7. The number of ether oxygens (including phenoxy) is 2. The smallest absolute Gasteiger partial charge is 0.187 e. The second kappa shape index (κ2) is 5.84. The van der Waals surface area contributed by atoms with E-state index in [2.05, 4.69) is 0 Å². The van der Waals surface area contributed by atoms with Crippen LogP contribution >= 0.6 is 0 Å². The summed E-state index contributed by atoms with van der Waals surface area (Å²) in [7, 11) is 0. The SMILES string of the molecule is CC(C)C1C(CO)OC(OC(C)(C)C)C(O)C1O. The zero-order chi connectivity index (χ0) is 14.1. The molecule has 0 aromatic heterocycles. The van der Waals surface area contributed by atoms with Crippen LogP contribution in [0.25, 0.3) is 0 Å². The van der Waals surface area contributed by atoms with Gasteiger partial charge in [0.2, 0.25) is 0 Å². The van der Waals surface area contributed by atoms with Crippen molar-refractivity contribution >= 4 is 0 Å². The normalized spacial score (nSPS) is 38.2. The Balaban J connectivity index is 2.82. The average molecular weight is 262 g/mol. The van der Waals surface area contributed by atoms with E-state index in [1.165, 1.54) is 0 Å². The van der Waals surface area contributed by atoms with Gasteiger partial charge in [0.25, 0.3) is 0 Å². The van der Waals surface area contributed by atoms with Gasteiger partial charge in [-0.2, -0.15) is 0 Å². The number of aliphatic hydroxyl groups is 3. The van der Waals surface area contributed by atoms with Crippen LogP contribution in [0.15, 0.2) is 0 Å². The highest BCUT2D eigenvalue weighted by Crippen LogP contribution is 2.33. The molecule has 1 saturated heterocycles. The van der Waals surface area contributed by atoms with Crippen LogP contribution in [0, 0.1) is 11.8 Å². The summed E-state index contributed by atoms with van der Waals surface area (Å²) >= 11 is 0. The Morgan fingerprint density at radius 3 is 2.11 bits per heavy atom. The van der Waals surface area contributed by atoms with Gasteiger partial charge in [-0.3, -0.25) is 0 Å². The number of rotatable bonds is 3. The van der Waals surface area contributed by atoms with E-state index in [9.17, 15) is 15.3 Å². The van der Waals surface area contributed by atoms with Crippen LogP contribution in [0.2, 0.25) is 0 Å². The lowest BCUT2D eigenvalue weighted by atomic mass is 9.81. The van der Waals surface area contributed by atoms with Crippen molar-refractivity contribution in [3.63, 3.8) is 0 Å². The Labute approximate surface area is 109 Å². The minimum atomic E-state index is -1.10. The van der Waals surface area contributed by atoms with Gasteiger partial charge in [0.1, 0.15) is 6.10 Å². The number of hydrogen-bond donors (Lipinski definition) is 3. The van der Waals surface area contributed by atoms with Gasteiger partial charge in [-0.15, -0.1) is 0 Å². The van der Waals surface area contributed by atoms with Gasteiger partial charge in [-0.05, 0) is 26.7 Å². The van der Waals surface area contributed by atoms with Crippen LogP contribution in [0.5, 0.6) is 0 Å². The molecule has 5 unspecified atom stereocenters. The van der Waals surface area contributed by atoms with Crippen molar-refractivity contribution in [3.05, 3.63) is 0 Å². The van der Waals surface area contributed by atoms with E-state index >= 15 is 0 Å². The standard InChI is InChI=1S/C13H26O5/c1-7(2)9-8(6-14)17-12(11(16)10(9)15)18-13(3,4)5/h7-12,14-16H,6H2,1-5H3. The van der Waals surface area contributed by atoms with Crippen molar-refractivity contribution in [2.75, 3.05) is 6.61 Å². The fourth-order valence-electron chi connectivity index (χ4n) is 2.39. The summed E-state index contributed by atoms with van der Waals surface area (Å²) in [5.74, 6) is -0.202. The summed E-state index contributed by atoms with van der Waals surface area (Å²) in [5, 5.41) is 29.6. The molecule has 0 aromatic carbocycles. The summed E-state index contributed by atoms with van der Waals surface area (Å²) in [6.45, 7) is 9.19. The molecule has 18 heavy (non-hydrogen) atoms. The third-order valence-electron chi connectivity index (χ3n) is 3.18. The lowest BCUT2D eigenvalue weighted by molar-refractivity contribution is -0.316. The topological polar surface area (TPSA) is 79.2 Å². The second-order valence-corrected chi connectivity index (χ2v) is 6.26. The highest BCUT2D eigenvalue weighted by Gasteiger charge is 2.46. The first-order valence-corrected chi connectivity index (χ1v) is 6.47. The van der Waals surface area contributed by atoms with Gasteiger partial charge in [0.15, 0.2) is 6.29 Å². The van der Waals surface area contributed by atoms with Crippen LogP contribution in [0.1, 0.15) is 34.6 Å². The second-order valence-electron chi connectivity index (χ2n) is 6.26. The monoisotopic (exact) mass is 262 g/mol. The van der Waals surface area contributed by atoms with Crippen molar-refractivity contribution in [2.24, 2.45) is 11.8 Å². The van der Waals surface area contributed by atoms with Crippen LogP contribution in [-0.4, -0.2) is 52.1 Å². The zero-order valence-corrected chi connectivity index (χ0v) is 11.8. The maximum absolute atomic E-state index is 10.2. The zero-order valence-electron chi connectivity index (χ0n) is 11.8. The van der Waals surface area contributed by atoms with E-state index in [1.54, 1.807) is 0 Å². The first-order chi connectivity index (χ1) is 8.17. The Bertz CT molecular complexity index is 259. The van der Waals surface area contributed by atoms with Crippen LogP contribution < -0.4 is 0 Å².